The van der Waals surface area contributed by atoms with Crippen LogP contribution in [0.2, 0.25) is 0 Å². The molecule has 0 radical (unpaired) electrons. The molecular weight excluding hydrogens is 287 g/mol. The predicted octanol–water partition coefficient (Wildman–Crippen LogP) is 1.62. The number of hydrogen-bond acceptors (Lipinski definition) is 5. The summed E-state index contributed by atoms with van der Waals surface area (Å²) in [4.78, 5) is 18.6. The summed E-state index contributed by atoms with van der Waals surface area (Å²) in [5.74, 6) is -0.161. The molecule has 0 saturated carbocycles. The van der Waals surface area contributed by atoms with Crippen molar-refractivity contribution < 1.29 is 18.0 Å². The minimum absolute atomic E-state index is 0.0532. The molecule has 1 aliphatic rings. The Hall–Kier alpha value is -2.06. The molecule has 0 bridgehead atoms. The van der Waals surface area contributed by atoms with Crippen LogP contribution in [0.5, 0.6) is 0 Å². The number of amides is 1. The number of halogens is 3. The number of anilines is 2. The fraction of sp³-hybridized carbons (Fsp3) is 0.583. The van der Waals surface area contributed by atoms with E-state index in [1.807, 2.05) is 6.92 Å². The molecule has 0 aliphatic carbocycles. The van der Waals surface area contributed by atoms with Gasteiger partial charge in [-0.15, -0.1) is 0 Å². The van der Waals surface area contributed by atoms with E-state index in [2.05, 4.69) is 25.9 Å². The zero-order valence-electron chi connectivity index (χ0n) is 11.4. The summed E-state index contributed by atoms with van der Waals surface area (Å²) in [5.41, 5.74) is -1.02. The quantitative estimate of drug-likeness (QED) is 0.770. The van der Waals surface area contributed by atoms with E-state index < -0.39 is 11.9 Å². The molecule has 1 aromatic heterocycles. The van der Waals surface area contributed by atoms with Gasteiger partial charge in [-0.2, -0.15) is 18.2 Å². The third-order valence-electron chi connectivity index (χ3n) is 2.88. The Morgan fingerprint density at radius 2 is 2.19 bits per heavy atom. The van der Waals surface area contributed by atoms with Crippen LogP contribution in [0.1, 0.15) is 25.5 Å². The van der Waals surface area contributed by atoms with Crippen molar-refractivity contribution in [1.29, 1.82) is 0 Å². The number of alkyl halides is 3. The zero-order chi connectivity index (χ0) is 15.5. The van der Waals surface area contributed by atoms with Crippen LogP contribution >= 0.6 is 0 Å². The molecule has 2 rings (SSSR count). The fourth-order valence-electron chi connectivity index (χ4n) is 1.90. The highest BCUT2D eigenvalue weighted by atomic mass is 19.4. The van der Waals surface area contributed by atoms with Gasteiger partial charge in [0.2, 0.25) is 11.9 Å². The Bertz CT molecular complexity index is 520. The highest BCUT2D eigenvalue weighted by Gasteiger charge is 2.34. The lowest BCUT2D eigenvalue weighted by Gasteiger charge is -2.15. The van der Waals surface area contributed by atoms with Crippen LogP contribution in [0, 0.1) is 0 Å². The van der Waals surface area contributed by atoms with Crippen molar-refractivity contribution >= 4 is 17.7 Å². The van der Waals surface area contributed by atoms with E-state index in [0.29, 0.717) is 13.1 Å². The summed E-state index contributed by atoms with van der Waals surface area (Å²) in [5, 5.41) is 8.16. The molecule has 1 aliphatic heterocycles. The summed E-state index contributed by atoms with van der Waals surface area (Å²) in [6.07, 6.45) is -3.60. The number of carbonyl (C=O) groups is 1. The van der Waals surface area contributed by atoms with Gasteiger partial charge in [0.1, 0.15) is 5.82 Å². The van der Waals surface area contributed by atoms with Crippen molar-refractivity contribution in [2.24, 2.45) is 0 Å². The molecule has 9 heteroatoms. The van der Waals surface area contributed by atoms with Gasteiger partial charge in [0.25, 0.3) is 0 Å². The monoisotopic (exact) mass is 303 g/mol. The maximum Gasteiger partial charge on any atom is 0.433 e. The van der Waals surface area contributed by atoms with Crippen LogP contribution < -0.4 is 16.0 Å². The molecule has 2 heterocycles. The lowest BCUT2D eigenvalue weighted by atomic mass is 10.2. The smallest absolute Gasteiger partial charge is 0.365 e. The molecule has 21 heavy (non-hydrogen) atoms. The minimum atomic E-state index is -4.55. The third-order valence-corrected chi connectivity index (χ3v) is 2.88. The first-order valence-electron chi connectivity index (χ1n) is 6.62. The van der Waals surface area contributed by atoms with Gasteiger partial charge in [-0.05, 0) is 6.42 Å². The largest absolute Gasteiger partial charge is 0.433 e. The minimum Gasteiger partial charge on any atom is -0.365 e. The van der Waals surface area contributed by atoms with Crippen LogP contribution in [-0.4, -0.2) is 35.0 Å². The molecule has 1 saturated heterocycles. The van der Waals surface area contributed by atoms with E-state index in [-0.39, 0.29) is 30.1 Å². The van der Waals surface area contributed by atoms with Crippen molar-refractivity contribution in [2.75, 3.05) is 23.7 Å². The summed E-state index contributed by atoms with van der Waals surface area (Å²) in [6, 6.07) is 0.576. The summed E-state index contributed by atoms with van der Waals surface area (Å²) in [7, 11) is 0. The van der Waals surface area contributed by atoms with Gasteiger partial charge < -0.3 is 16.0 Å². The number of nitrogens with zero attached hydrogens (tertiary/aromatic N) is 2. The average Bonchev–Trinajstić information content (AvgIpc) is 2.80. The van der Waals surface area contributed by atoms with Crippen molar-refractivity contribution in [3.05, 3.63) is 11.8 Å². The Balaban J connectivity index is 2.20. The predicted molar refractivity (Wildman–Crippen MR) is 70.9 cm³/mol. The van der Waals surface area contributed by atoms with Crippen molar-refractivity contribution in [2.45, 2.75) is 32.0 Å². The van der Waals surface area contributed by atoms with Gasteiger partial charge in [-0.3, -0.25) is 4.79 Å². The first-order valence-corrected chi connectivity index (χ1v) is 6.62. The lowest BCUT2D eigenvalue weighted by molar-refractivity contribution is -0.141. The lowest BCUT2D eigenvalue weighted by Crippen LogP contribution is -2.24. The fourth-order valence-corrected chi connectivity index (χ4v) is 1.90. The Morgan fingerprint density at radius 3 is 2.76 bits per heavy atom. The first-order chi connectivity index (χ1) is 9.88. The van der Waals surface area contributed by atoms with Crippen LogP contribution in [0.4, 0.5) is 24.9 Å². The number of carbonyl (C=O) groups excluding carboxylic acids is 1. The highest BCUT2D eigenvalue weighted by Crippen LogP contribution is 2.30. The topological polar surface area (TPSA) is 78.9 Å². The van der Waals surface area contributed by atoms with Gasteiger partial charge in [0, 0.05) is 25.6 Å². The van der Waals surface area contributed by atoms with E-state index in [1.165, 1.54) is 0 Å². The number of aromatic nitrogens is 2. The van der Waals surface area contributed by atoms with Crippen molar-refractivity contribution in [3.8, 4) is 0 Å². The van der Waals surface area contributed by atoms with Gasteiger partial charge in [0.15, 0.2) is 5.69 Å². The molecule has 1 unspecified atom stereocenters. The Labute approximate surface area is 119 Å². The Kier molecular flexibility index (Phi) is 4.49. The normalized spacial score (nSPS) is 18.5. The van der Waals surface area contributed by atoms with Crippen molar-refractivity contribution in [3.63, 3.8) is 0 Å². The van der Waals surface area contributed by atoms with Crippen LogP contribution in [0.15, 0.2) is 6.07 Å². The molecule has 0 spiro atoms. The van der Waals surface area contributed by atoms with Gasteiger partial charge in [0.05, 0.1) is 6.04 Å². The Morgan fingerprint density at radius 1 is 1.43 bits per heavy atom. The van der Waals surface area contributed by atoms with E-state index in [0.717, 1.165) is 12.5 Å². The van der Waals surface area contributed by atoms with Gasteiger partial charge in [-0.1, -0.05) is 6.92 Å². The molecule has 116 valence electrons. The standard InChI is InChI=1S/C12H16F3N5O/c1-2-3-16-11-19-8(12(13,14)15)5-9(20-11)18-7-4-10(21)17-6-7/h5,7H,2-4,6H2,1H3,(H,17,21)(H2,16,18,19,20). The molecule has 1 atom stereocenters. The molecule has 1 aromatic rings. The molecule has 1 fully saturated rings. The highest BCUT2D eigenvalue weighted by molar-refractivity contribution is 5.79. The molecule has 3 N–H and O–H groups in total. The van der Waals surface area contributed by atoms with Crippen LogP contribution in [0.25, 0.3) is 0 Å². The average molecular weight is 303 g/mol. The summed E-state index contributed by atoms with van der Waals surface area (Å²) >= 11 is 0. The van der Waals surface area contributed by atoms with E-state index in [1.54, 1.807) is 0 Å². The van der Waals surface area contributed by atoms with Crippen LogP contribution in [0.3, 0.4) is 0 Å². The van der Waals surface area contributed by atoms with Crippen molar-refractivity contribution in [1.82, 2.24) is 15.3 Å². The van der Waals surface area contributed by atoms with Gasteiger partial charge >= 0.3 is 6.18 Å². The molecular formula is C12H16F3N5O. The second-order valence-electron chi connectivity index (χ2n) is 4.74. The summed E-state index contributed by atoms with van der Waals surface area (Å²) in [6.45, 7) is 2.72. The van der Waals surface area contributed by atoms with E-state index >= 15 is 0 Å². The number of nitrogens with one attached hydrogen (secondary N) is 3. The summed E-state index contributed by atoms with van der Waals surface area (Å²) < 4.78 is 38.5. The maximum atomic E-state index is 12.8. The molecule has 6 nitrogen and oxygen atoms in total. The zero-order valence-corrected chi connectivity index (χ0v) is 11.4. The number of rotatable bonds is 5. The third kappa shape index (κ3) is 4.20. The molecule has 1 amide bonds. The van der Waals surface area contributed by atoms with E-state index in [4.69, 9.17) is 0 Å². The second kappa shape index (κ2) is 6.15. The first kappa shape index (κ1) is 15.3. The second-order valence-corrected chi connectivity index (χ2v) is 4.74. The maximum absolute atomic E-state index is 12.8. The number of hydrogen-bond donors (Lipinski definition) is 3. The van der Waals surface area contributed by atoms with Crippen LogP contribution in [-0.2, 0) is 11.0 Å². The molecule has 0 aromatic carbocycles. The van der Waals surface area contributed by atoms with E-state index in [9.17, 15) is 18.0 Å². The van der Waals surface area contributed by atoms with Gasteiger partial charge in [-0.25, -0.2) is 4.98 Å². The SMILES string of the molecule is CCCNc1nc(NC2CNC(=O)C2)cc(C(F)(F)F)n1.